The summed E-state index contributed by atoms with van der Waals surface area (Å²) in [7, 11) is 1.55. The van der Waals surface area contributed by atoms with Gasteiger partial charge in [0.25, 0.3) is 0 Å². The summed E-state index contributed by atoms with van der Waals surface area (Å²) >= 11 is 0. The summed E-state index contributed by atoms with van der Waals surface area (Å²) in [5.74, 6) is -0.190. The molecule has 0 saturated heterocycles. The maximum Gasteiger partial charge on any atom is 0.472 e. The van der Waals surface area contributed by atoms with Crippen molar-refractivity contribution in [2.75, 3.05) is 40.9 Å². The van der Waals surface area contributed by atoms with E-state index in [2.05, 4.69) is 67.8 Å². The smallest absolute Gasteiger partial charge is 0.387 e. The van der Waals surface area contributed by atoms with Crippen LogP contribution in [0.1, 0.15) is 219 Å². The molecule has 0 radical (unpaired) electrons. The van der Waals surface area contributed by atoms with E-state index >= 15 is 0 Å². The Bertz CT molecular complexity index is 1190. The maximum atomic E-state index is 12.9. The van der Waals surface area contributed by atoms with Gasteiger partial charge in [-0.15, -0.1) is 0 Å². The fourth-order valence-electron chi connectivity index (χ4n) is 7.12. The number of aliphatic hydroxyl groups excluding tert-OH is 1. The molecule has 0 spiro atoms. The fraction of sp³-hybridized carbons (Fsp3) is 0.792. The van der Waals surface area contributed by atoms with E-state index in [1.165, 1.54) is 148 Å². The van der Waals surface area contributed by atoms with Crippen LogP contribution >= 0.6 is 7.82 Å². The molecule has 0 aliphatic rings. The van der Waals surface area contributed by atoms with Crippen molar-refractivity contribution >= 4 is 13.7 Å². The Morgan fingerprint density at radius 1 is 0.548 bits per heavy atom. The molecule has 0 heterocycles. The Kier molecular flexibility index (Phi) is 43.1. The molecule has 9 heteroatoms. The second kappa shape index (κ2) is 44.4. The number of phosphoric acid groups is 1. The molecule has 0 bridgehead atoms. The number of aliphatic hydroxyl groups is 1. The number of nitrogens with one attached hydrogen (secondary N) is 1. The summed E-state index contributed by atoms with van der Waals surface area (Å²) in [4.78, 5) is 23.1. The van der Waals surface area contributed by atoms with Crippen molar-refractivity contribution in [1.82, 2.24) is 5.32 Å². The maximum absolute atomic E-state index is 12.9. The van der Waals surface area contributed by atoms with Crippen LogP contribution in [0.2, 0.25) is 0 Å². The number of rotatable bonds is 46. The average Bonchev–Trinajstić information content (AvgIpc) is 3.23. The third kappa shape index (κ3) is 46.2. The molecule has 0 rings (SSSR count). The second-order valence-electron chi connectivity index (χ2n) is 18.5. The summed E-state index contributed by atoms with van der Waals surface area (Å²) in [5.41, 5.74) is 0. The van der Waals surface area contributed by atoms with Crippen molar-refractivity contribution in [3.8, 4) is 0 Å². The standard InChI is InChI=1S/C53H99N2O6P/c1-6-8-10-12-14-16-18-19-20-21-22-23-24-25-26-27-28-29-30-31-32-33-34-35-37-39-41-43-45-47-53(57)54-51(50-61-62(58,59)60-49-48-55(3,4)5)52(56)46-44-42-40-38-36-17-15-13-11-9-7-2/h18-19,21-22,24-25,36,38,44,46,51-52,56H,6-17,20,23,26-35,37,39-43,45,47-50H2,1-5H3,(H-,54,57,58,59)/p+1/b19-18-,22-21-,25-24-,38-36+,46-44+. The van der Waals surface area contributed by atoms with Gasteiger partial charge in [-0.05, 0) is 70.6 Å². The first kappa shape index (κ1) is 60.2. The minimum Gasteiger partial charge on any atom is -0.387 e. The van der Waals surface area contributed by atoms with Crippen LogP contribution in [0.4, 0.5) is 0 Å². The molecule has 3 atom stereocenters. The minimum atomic E-state index is -4.35. The molecule has 0 aliphatic heterocycles. The SMILES string of the molecule is CCCCCCC/C=C\C/C=C\C/C=C\CCCCCCCCCCCCCCCCC(=O)NC(COP(=O)(O)OCC[N+](C)(C)C)C(O)/C=C/CC/C=C/CCCCCCC. The zero-order chi connectivity index (χ0) is 45.7. The van der Waals surface area contributed by atoms with E-state index in [4.69, 9.17) is 9.05 Å². The van der Waals surface area contributed by atoms with Crippen molar-refractivity contribution in [2.24, 2.45) is 0 Å². The van der Waals surface area contributed by atoms with Crippen LogP contribution in [-0.4, -0.2) is 73.4 Å². The van der Waals surface area contributed by atoms with E-state index < -0.39 is 20.0 Å². The lowest BCUT2D eigenvalue weighted by atomic mass is 10.0. The molecular formula is C53H100N2O6P+. The number of phosphoric ester groups is 1. The van der Waals surface area contributed by atoms with Crippen LogP contribution in [0.3, 0.4) is 0 Å². The molecule has 0 aromatic heterocycles. The lowest BCUT2D eigenvalue weighted by Gasteiger charge is -2.25. The third-order valence-electron chi connectivity index (χ3n) is 11.2. The second-order valence-corrected chi connectivity index (χ2v) is 20.0. The van der Waals surface area contributed by atoms with E-state index in [9.17, 15) is 19.4 Å². The normalized spacial score (nSPS) is 14.6. The number of likely N-dealkylation sites (N-methyl/N-ethyl adjacent to an activating group) is 1. The lowest BCUT2D eigenvalue weighted by Crippen LogP contribution is -2.45. The number of amides is 1. The van der Waals surface area contributed by atoms with Gasteiger partial charge in [0.05, 0.1) is 39.9 Å². The highest BCUT2D eigenvalue weighted by atomic mass is 31.2. The number of carbonyl (C=O) groups is 1. The Morgan fingerprint density at radius 2 is 0.935 bits per heavy atom. The lowest BCUT2D eigenvalue weighted by molar-refractivity contribution is -0.870. The van der Waals surface area contributed by atoms with E-state index in [-0.39, 0.29) is 19.1 Å². The predicted octanol–water partition coefficient (Wildman–Crippen LogP) is 15.0. The number of quaternary nitrogens is 1. The van der Waals surface area contributed by atoms with Crippen LogP contribution in [0.15, 0.2) is 60.8 Å². The summed E-state index contributed by atoms with van der Waals surface area (Å²) in [5, 5.41) is 13.8. The molecule has 62 heavy (non-hydrogen) atoms. The number of hydrogen-bond acceptors (Lipinski definition) is 5. The van der Waals surface area contributed by atoms with E-state index in [0.29, 0.717) is 17.4 Å². The Hall–Kier alpha value is -1.80. The minimum absolute atomic E-state index is 0.0544. The van der Waals surface area contributed by atoms with E-state index in [1.54, 1.807) is 6.08 Å². The number of allylic oxidation sites excluding steroid dienone is 9. The number of hydrogen-bond donors (Lipinski definition) is 3. The number of unbranched alkanes of at least 4 members (excludes halogenated alkanes) is 25. The van der Waals surface area contributed by atoms with Crippen LogP contribution in [0, 0.1) is 0 Å². The van der Waals surface area contributed by atoms with Gasteiger partial charge in [0, 0.05) is 6.42 Å². The summed E-state index contributed by atoms with van der Waals surface area (Å²) in [6.45, 7) is 4.75. The summed E-state index contributed by atoms with van der Waals surface area (Å²) in [6.07, 6.45) is 58.9. The molecule has 1 amide bonds. The van der Waals surface area contributed by atoms with Crippen LogP contribution < -0.4 is 5.32 Å². The van der Waals surface area contributed by atoms with Gasteiger partial charge in [0.15, 0.2) is 0 Å². The zero-order valence-electron chi connectivity index (χ0n) is 41.1. The van der Waals surface area contributed by atoms with Crippen molar-refractivity contribution < 1.29 is 32.9 Å². The monoisotopic (exact) mass is 892 g/mol. The van der Waals surface area contributed by atoms with Crippen molar-refractivity contribution in [3.05, 3.63) is 60.8 Å². The predicted molar refractivity (Wildman–Crippen MR) is 267 cm³/mol. The van der Waals surface area contributed by atoms with Gasteiger partial charge in [-0.1, -0.05) is 203 Å². The highest BCUT2D eigenvalue weighted by molar-refractivity contribution is 7.47. The summed E-state index contributed by atoms with van der Waals surface area (Å²) < 4.78 is 23.6. The highest BCUT2D eigenvalue weighted by Gasteiger charge is 2.27. The Balaban J connectivity index is 4.13. The van der Waals surface area contributed by atoms with Crippen molar-refractivity contribution in [3.63, 3.8) is 0 Å². The Morgan fingerprint density at radius 3 is 1.40 bits per heavy atom. The fourth-order valence-corrected chi connectivity index (χ4v) is 7.86. The molecule has 3 N–H and O–H groups in total. The van der Waals surface area contributed by atoms with Crippen molar-refractivity contribution in [2.45, 2.75) is 231 Å². The zero-order valence-corrected chi connectivity index (χ0v) is 42.0. The number of carbonyl (C=O) groups excluding carboxylic acids is 1. The molecule has 0 saturated carbocycles. The first-order chi connectivity index (χ1) is 30.0. The third-order valence-corrected chi connectivity index (χ3v) is 12.2. The van der Waals surface area contributed by atoms with Gasteiger partial charge in [0.2, 0.25) is 5.91 Å². The first-order valence-corrected chi connectivity index (χ1v) is 27.2. The quantitative estimate of drug-likeness (QED) is 0.0243. The summed E-state index contributed by atoms with van der Waals surface area (Å²) in [6, 6.07) is -0.863. The van der Waals surface area contributed by atoms with Gasteiger partial charge in [-0.3, -0.25) is 13.8 Å². The molecular weight excluding hydrogens is 792 g/mol. The topological polar surface area (TPSA) is 105 Å². The molecule has 362 valence electrons. The van der Waals surface area contributed by atoms with Gasteiger partial charge in [-0.25, -0.2) is 4.57 Å². The molecule has 0 fully saturated rings. The Labute approximate surface area is 383 Å². The van der Waals surface area contributed by atoms with Gasteiger partial charge in [-0.2, -0.15) is 0 Å². The molecule has 3 unspecified atom stereocenters. The largest absolute Gasteiger partial charge is 0.472 e. The van der Waals surface area contributed by atoms with E-state index in [0.717, 1.165) is 51.4 Å². The van der Waals surface area contributed by atoms with E-state index in [1.807, 2.05) is 27.2 Å². The first-order valence-electron chi connectivity index (χ1n) is 25.7. The van der Waals surface area contributed by atoms with Crippen LogP contribution in [-0.2, 0) is 18.4 Å². The van der Waals surface area contributed by atoms with Crippen LogP contribution in [0.5, 0.6) is 0 Å². The molecule has 0 aromatic rings. The average molecular weight is 892 g/mol. The molecule has 0 aromatic carbocycles. The van der Waals surface area contributed by atoms with Crippen LogP contribution in [0.25, 0.3) is 0 Å². The van der Waals surface area contributed by atoms with Gasteiger partial charge >= 0.3 is 7.82 Å². The molecule has 8 nitrogen and oxygen atoms in total. The van der Waals surface area contributed by atoms with Crippen molar-refractivity contribution in [1.29, 1.82) is 0 Å². The molecule has 0 aliphatic carbocycles. The number of nitrogens with zero attached hydrogens (tertiary/aromatic N) is 1. The van der Waals surface area contributed by atoms with Gasteiger partial charge in [0.1, 0.15) is 13.2 Å². The van der Waals surface area contributed by atoms with Gasteiger partial charge < -0.3 is 19.8 Å². The highest BCUT2D eigenvalue weighted by Crippen LogP contribution is 2.43.